The maximum Gasteiger partial charge on any atom is 0.416 e. The Hall–Kier alpha value is -2.17. The Bertz CT molecular complexity index is 692. The molecule has 0 bridgehead atoms. The highest BCUT2D eigenvalue weighted by Gasteiger charge is 2.32. The van der Waals surface area contributed by atoms with E-state index in [1.54, 1.807) is 0 Å². The minimum atomic E-state index is -4.33. The van der Waals surface area contributed by atoms with Crippen molar-refractivity contribution in [1.29, 1.82) is 0 Å². The molecule has 2 nitrogen and oxygen atoms in total. The van der Waals surface area contributed by atoms with Crippen LogP contribution in [0.2, 0.25) is 0 Å². The zero-order chi connectivity index (χ0) is 15.2. The number of hydrogen-bond acceptors (Lipinski definition) is 2. The summed E-state index contributed by atoms with van der Waals surface area (Å²) in [6.07, 6.45) is -4.33. The van der Waals surface area contributed by atoms with Crippen LogP contribution in [0.4, 0.5) is 24.5 Å². The van der Waals surface area contributed by atoms with Crippen LogP contribution in [-0.4, -0.2) is 0 Å². The number of rotatable bonds is 1. The fraction of sp³-hybridized carbons (Fsp3) is 0.250. The lowest BCUT2D eigenvalue weighted by Crippen LogP contribution is -2.17. The molecule has 0 aromatic heterocycles. The van der Waals surface area contributed by atoms with E-state index in [2.05, 4.69) is 0 Å². The van der Waals surface area contributed by atoms with Crippen LogP contribution >= 0.6 is 0 Å². The van der Waals surface area contributed by atoms with Gasteiger partial charge < -0.3 is 10.6 Å². The molecule has 0 radical (unpaired) electrons. The van der Waals surface area contributed by atoms with Crippen molar-refractivity contribution in [2.45, 2.75) is 26.2 Å². The third-order valence-corrected chi connectivity index (χ3v) is 3.90. The van der Waals surface area contributed by atoms with Crippen LogP contribution in [0.5, 0.6) is 0 Å². The molecular formula is C16H15F3N2. The molecule has 2 aromatic rings. The van der Waals surface area contributed by atoms with Gasteiger partial charge in [-0.05, 0) is 41.8 Å². The third-order valence-electron chi connectivity index (χ3n) is 3.90. The number of fused-ring (bicyclic) bond motifs is 1. The molecule has 1 aliphatic heterocycles. The maximum absolute atomic E-state index is 12.9. The van der Waals surface area contributed by atoms with Gasteiger partial charge in [-0.15, -0.1) is 0 Å². The third kappa shape index (κ3) is 2.44. The maximum atomic E-state index is 12.9. The highest BCUT2D eigenvalue weighted by atomic mass is 19.4. The van der Waals surface area contributed by atoms with Crippen molar-refractivity contribution in [2.24, 2.45) is 0 Å². The summed E-state index contributed by atoms with van der Waals surface area (Å²) in [5, 5.41) is 0. The summed E-state index contributed by atoms with van der Waals surface area (Å²) < 4.78 is 38.6. The molecule has 110 valence electrons. The number of halogens is 3. The molecule has 1 heterocycles. The fourth-order valence-corrected chi connectivity index (χ4v) is 2.74. The van der Waals surface area contributed by atoms with E-state index in [9.17, 15) is 13.2 Å². The molecule has 3 rings (SSSR count). The molecule has 1 aliphatic rings. The highest BCUT2D eigenvalue weighted by molar-refractivity contribution is 5.62. The van der Waals surface area contributed by atoms with Crippen molar-refractivity contribution in [3.63, 3.8) is 0 Å². The van der Waals surface area contributed by atoms with Gasteiger partial charge >= 0.3 is 6.18 Å². The number of nitrogen functional groups attached to an aromatic ring is 1. The second kappa shape index (κ2) is 4.69. The number of alkyl halides is 3. The molecule has 0 fully saturated rings. The van der Waals surface area contributed by atoms with Crippen molar-refractivity contribution >= 4 is 11.4 Å². The van der Waals surface area contributed by atoms with Crippen LogP contribution in [-0.2, 0) is 19.3 Å². The van der Waals surface area contributed by atoms with Gasteiger partial charge in [-0.1, -0.05) is 18.2 Å². The van der Waals surface area contributed by atoms with E-state index in [4.69, 9.17) is 5.73 Å². The van der Waals surface area contributed by atoms with Gasteiger partial charge in [0.1, 0.15) is 0 Å². The van der Waals surface area contributed by atoms with E-state index in [1.807, 2.05) is 30.0 Å². The Balaban J connectivity index is 1.98. The Morgan fingerprint density at radius 1 is 1.10 bits per heavy atom. The Kier molecular flexibility index (Phi) is 3.08. The summed E-state index contributed by atoms with van der Waals surface area (Å²) in [4.78, 5) is 1.94. The molecule has 0 aliphatic carbocycles. The van der Waals surface area contributed by atoms with Crippen LogP contribution in [0.3, 0.4) is 0 Å². The highest BCUT2D eigenvalue weighted by Crippen LogP contribution is 2.37. The average molecular weight is 292 g/mol. The zero-order valence-electron chi connectivity index (χ0n) is 11.5. The quantitative estimate of drug-likeness (QED) is 0.801. The molecule has 0 saturated heterocycles. The van der Waals surface area contributed by atoms with E-state index >= 15 is 0 Å². The summed E-state index contributed by atoms with van der Waals surface area (Å²) in [6, 6.07) is 9.52. The Labute approximate surface area is 121 Å². The molecule has 0 unspecified atom stereocenters. The summed E-state index contributed by atoms with van der Waals surface area (Å²) in [6.45, 7) is 2.95. The standard InChI is InChI=1S/C16H15F3N2/c1-10-5-6-12(16(17,18)19)7-15(10)21-8-11-3-2-4-14(20)13(11)9-21/h2-7H,8-9,20H2,1H3. The van der Waals surface area contributed by atoms with E-state index in [0.29, 0.717) is 24.5 Å². The van der Waals surface area contributed by atoms with Crippen LogP contribution in [0.25, 0.3) is 0 Å². The number of nitrogens with zero attached hydrogens (tertiary/aromatic N) is 1. The summed E-state index contributed by atoms with van der Waals surface area (Å²) in [7, 11) is 0. The first-order valence-corrected chi connectivity index (χ1v) is 6.65. The monoisotopic (exact) mass is 292 g/mol. The number of benzene rings is 2. The second-order valence-corrected chi connectivity index (χ2v) is 5.34. The van der Waals surface area contributed by atoms with Crippen LogP contribution in [0, 0.1) is 6.92 Å². The Morgan fingerprint density at radius 3 is 2.52 bits per heavy atom. The fourth-order valence-electron chi connectivity index (χ4n) is 2.74. The van der Waals surface area contributed by atoms with E-state index in [0.717, 1.165) is 22.8 Å². The van der Waals surface area contributed by atoms with E-state index in [-0.39, 0.29) is 0 Å². The minimum Gasteiger partial charge on any atom is -0.398 e. The van der Waals surface area contributed by atoms with Gasteiger partial charge in [0.2, 0.25) is 0 Å². The second-order valence-electron chi connectivity index (χ2n) is 5.34. The van der Waals surface area contributed by atoms with Gasteiger partial charge in [0.25, 0.3) is 0 Å². The SMILES string of the molecule is Cc1ccc(C(F)(F)F)cc1N1Cc2cccc(N)c2C1. The lowest BCUT2D eigenvalue weighted by Gasteiger charge is -2.22. The number of anilines is 2. The number of nitrogens with two attached hydrogens (primary N) is 1. The topological polar surface area (TPSA) is 29.3 Å². The predicted molar refractivity (Wildman–Crippen MR) is 76.9 cm³/mol. The van der Waals surface area contributed by atoms with E-state index in [1.165, 1.54) is 12.1 Å². The van der Waals surface area contributed by atoms with Crippen LogP contribution in [0.15, 0.2) is 36.4 Å². The van der Waals surface area contributed by atoms with E-state index < -0.39 is 11.7 Å². The molecule has 2 aromatic carbocycles. The molecule has 21 heavy (non-hydrogen) atoms. The predicted octanol–water partition coefficient (Wildman–Crippen LogP) is 4.12. The molecular weight excluding hydrogens is 277 g/mol. The summed E-state index contributed by atoms with van der Waals surface area (Å²) in [5.41, 5.74) is 9.54. The molecule has 0 atom stereocenters. The molecule has 5 heteroatoms. The van der Waals surface area contributed by atoms with Gasteiger partial charge in [-0.2, -0.15) is 13.2 Å². The largest absolute Gasteiger partial charge is 0.416 e. The van der Waals surface area contributed by atoms with Gasteiger partial charge in [0, 0.05) is 24.5 Å². The Morgan fingerprint density at radius 2 is 1.86 bits per heavy atom. The molecule has 0 saturated carbocycles. The van der Waals surface area contributed by atoms with Crippen LogP contribution < -0.4 is 10.6 Å². The van der Waals surface area contributed by atoms with Crippen molar-refractivity contribution in [2.75, 3.05) is 10.6 Å². The summed E-state index contributed by atoms with van der Waals surface area (Å²) in [5.74, 6) is 0. The first-order chi connectivity index (χ1) is 9.86. The van der Waals surface area contributed by atoms with Crippen LogP contribution in [0.1, 0.15) is 22.3 Å². The zero-order valence-corrected chi connectivity index (χ0v) is 11.5. The lowest BCUT2D eigenvalue weighted by molar-refractivity contribution is -0.137. The normalized spacial score (nSPS) is 14.4. The van der Waals surface area contributed by atoms with Gasteiger partial charge in [-0.3, -0.25) is 0 Å². The number of aryl methyl sites for hydroxylation is 1. The molecule has 2 N–H and O–H groups in total. The minimum absolute atomic E-state index is 0.546. The smallest absolute Gasteiger partial charge is 0.398 e. The first-order valence-electron chi connectivity index (χ1n) is 6.65. The van der Waals surface area contributed by atoms with Crippen molar-refractivity contribution < 1.29 is 13.2 Å². The van der Waals surface area contributed by atoms with Crippen molar-refractivity contribution in [3.8, 4) is 0 Å². The average Bonchev–Trinajstić information content (AvgIpc) is 2.83. The number of hydrogen-bond donors (Lipinski definition) is 1. The van der Waals surface area contributed by atoms with Crippen molar-refractivity contribution in [1.82, 2.24) is 0 Å². The van der Waals surface area contributed by atoms with Gasteiger partial charge in [-0.25, -0.2) is 0 Å². The van der Waals surface area contributed by atoms with Gasteiger partial charge in [0.05, 0.1) is 5.56 Å². The van der Waals surface area contributed by atoms with Gasteiger partial charge in [0.15, 0.2) is 0 Å². The van der Waals surface area contributed by atoms with Crippen molar-refractivity contribution in [3.05, 3.63) is 58.7 Å². The molecule has 0 spiro atoms. The summed E-state index contributed by atoms with van der Waals surface area (Å²) >= 11 is 0. The molecule has 0 amide bonds. The lowest BCUT2D eigenvalue weighted by atomic mass is 10.1. The first kappa shape index (κ1) is 13.8.